The molecule has 0 fully saturated rings. The molecule has 0 radical (unpaired) electrons. The van der Waals surface area contributed by atoms with Gasteiger partial charge in [0.15, 0.2) is 0 Å². The van der Waals surface area contributed by atoms with Crippen LogP contribution in [0.2, 0.25) is 17.7 Å². The first-order valence-corrected chi connectivity index (χ1v) is 26.1. The van der Waals surface area contributed by atoms with E-state index in [1.54, 1.807) is 17.7 Å². The minimum absolute atomic E-state index is 0.149. The summed E-state index contributed by atoms with van der Waals surface area (Å²) in [6.45, 7) is 15.4. The second-order valence-electron chi connectivity index (χ2n) is 11.0. The third kappa shape index (κ3) is 121. The second-order valence-corrected chi connectivity index (χ2v) is 19.5. The SMILES string of the molecule is CC(=O)[O-].CC(=O)[O-].CCCCCCCC(=O)[O-].CCCCCCCC(=O)[O-].CCC[CH2][Sn+2][CH2]CCC.CCC[CH2][Sn+2][CH2]CCC. The zero-order valence-electron chi connectivity index (χ0n) is 31.2. The van der Waals surface area contributed by atoms with Gasteiger partial charge in [0.05, 0.1) is 0 Å². The van der Waals surface area contributed by atoms with Gasteiger partial charge in [0.1, 0.15) is 0 Å². The third-order valence-corrected chi connectivity index (χ3v) is 13.9. The zero-order chi connectivity index (χ0) is 36.7. The Bertz CT molecular complexity index is 520. The fourth-order valence-corrected chi connectivity index (χ4v) is 11.5. The van der Waals surface area contributed by atoms with Crippen molar-refractivity contribution in [2.24, 2.45) is 0 Å². The molecule has 0 bridgehead atoms. The Labute approximate surface area is 305 Å². The van der Waals surface area contributed by atoms with E-state index in [0.29, 0.717) is 0 Å². The molecule has 0 saturated carbocycles. The Morgan fingerprint density at radius 2 is 0.565 bits per heavy atom. The van der Waals surface area contributed by atoms with Crippen molar-refractivity contribution in [3.63, 3.8) is 0 Å². The summed E-state index contributed by atoms with van der Waals surface area (Å²) in [5.41, 5.74) is 0. The van der Waals surface area contributed by atoms with Gasteiger partial charge in [-0.05, 0) is 39.5 Å². The Balaban J connectivity index is -0.000000108. The van der Waals surface area contributed by atoms with Crippen LogP contribution in [-0.4, -0.2) is 66.2 Å². The Morgan fingerprint density at radius 3 is 0.739 bits per heavy atom. The summed E-state index contributed by atoms with van der Waals surface area (Å²) in [5, 5.41) is 37.6. The fourth-order valence-electron chi connectivity index (χ4n) is 3.20. The predicted octanol–water partition coefficient (Wildman–Crippen LogP) is 5.96. The van der Waals surface area contributed by atoms with Crippen LogP contribution >= 0.6 is 0 Å². The first-order valence-electron chi connectivity index (χ1n) is 18.0. The van der Waals surface area contributed by atoms with E-state index in [2.05, 4.69) is 41.5 Å². The molecule has 46 heavy (non-hydrogen) atoms. The standard InChI is InChI=1S/2C8H16O2.4C4H9.2C2H4O2.2Sn/c2*1-2-3-4-5-6-7-8(9)10;4*1-3-4-2;2*1-2(3)4;;/h2*2-7H2,1H3,(H,9,10);4*1,3-4H2,2H3;2*1H3,(H,3,4);;/q;;;;;;;;2*+2/p-4. The summed E-state index contributed by atoms with van der Waals surface area (Å²) < 4.78 is 6.50. The maximum atomic E-state index is 9.92. The molecule has 10 heteroatoms. The van der Waals surface area contributed by atoms with Gasteiger partial charge in [-0.25, -0.2) is 0 Å². The van der Waals surface area contributed by atoms with Crippen molar-refractivity contribution in [1.82, 2.24) is 0 Å². The molecule has 0 unspecified atom stereocenters. The van der Waals surface area contributed by atoms with E-state index in [-0.39, 0.29) is 55.1 Å². The first-order chi connectivity index (χ1) is 21.8. The normalized spacial score (nSPS) is 8.87. The van der Waals surface area contributed by atoms with Crippen molar-refractivity contribution in [1.29, 1.82) is 0 Å². The summed E-state index contributed by atoms with van der Waals surface area (Å²) in [5.74, 6) is -4.01. The molecule has 0 N–H and O–H groups in total. The quantitative estimate of drug-likeness (QED) is 0.0849. The van der Waals surface area contributed by atoms with E-state index in [0.717, 1.165) is 52.4 Å². The number of carbonyl (C=O) groups excluding carboxylic acids is 4. The molecule has 8 nitrogen and oxygen atoms in total. The molecule has 272 valence electrons. The molecule has 0 aliphatic heterocycles. The molecule has 0 aliphatic carbocycles. The average Bonchev–Trinajstić information content (AvgIpc) is 2.97. The Morgan fingerprint density at radius 1 is 0.370 bits per heavy atom. The van der Waals surface area contributed by atoms with Crippen LogP contribution in [0.4, 0.5) is 0 Å². The van der Waals surface area contributed by atoms with Crippen LogP contribution in [0, 0.1) is 0 Å². The minimum atomic E-state index is -1.08. The summed E-state index contributed by atoms with van der Waals surface area (Å²) in [6.07, 6.45) is 22.9. The van der Waals surface area contributed by atoms with Crippen LogP contribution in [0.5, 0.6) is 0 Å². The van der Waals surface area contributed by atoms with Crippen LogP contribution in [-0.2, 0) is 19.2 Å². The van der Waals surface area contributed by atoms with Gasteiger partial charge in [0.2, 0.25) is 0 Å². The molecular weight excluding hydrogens is 798 g/mol. The van der Waals surface area contributed by atoms with E-state index < -0.39 is 23.9 Å². The zero-order valence-corrected chi connectivity index (χ0v) is 36.9. The predicted molar refractivity (Wildman–Crippen MR) is 188 cm³/mol. The van der Waals surface area contributed by atoms with Crippen molar-refractivity contribution >= 4 is 66.2 Å². The van der Waals surface area contributed by atoms with E-state index in [1.165, 1.54) is 77.0 Å². The molecule has 0 aromatic heterocycles. The number of carboxylic acid groups (broad SMARTS) is 4. The van der Waals surface area contributed by atoms with E-state index in [1.807, 2.05) is 0 Å². The molecule has 0 rings (SSSR count). The molecule has 0 aliphatic rings. The molecule has 0 saturated heterocycles. The summed E-state index contributed by atoms with van der Waals surface area (Å²) in [4.78, 5) is 37.6. The maximum absolute atomic E-state index is 9.92. The summed E-state index contributed by atoms with van der Waals surface area (Å²) >= 11 is 0.299. The van der Waals surface area contributed by atoms with Crippen LogP contribution in [0.3, 0.4) is 0 Å². The summed E-state index contributed by atoms with van der Waals surface area (Å²) in [7, 11) is 0. The number of hydrogen-bond donors (Lipinski definition) is 0. The van der Waals surface area contributed by atoms with E-state index in [9.17, 15) is 19.8 Å². The number of carbonyl (C=O) groups is 4. The number of rotatable bonds is 24. The number of unbranched alkanes of at least 4 members (excludes halogenated alkanes) is 12. The number of hydrogen-bond acceptors (Lipinski definition) is 8. The molecule has 0 atom stereocenters. The van der Waals surface area contributed by atoms with Gasteiger partial charge in [-0.15, -0.1) is 0 Å². The van der Waals surface area contributed by atoms with Crippen molar-refractivity contribution in [3.8, 4) is 0 Å². The van der Waals surface area contributed by atoms with Crippen molar-refractivity contribution in [2.75, 3.05) is 0 Å². The molecule has 0 aromatic carbocycles. The first kappa shape index (κ1) is 57.7. The second kappa shape index (κ2) is 59.9. The van der Waals surface area contributed by atoms with Gasteiger partial charge in [-0.1, -0.05) is 65.2 Å². The van der Waals surface area contributed by atoms with Crippen molar-refractivity contribution in [3.05, 3.63) is 0 Å². The summed E-state index contributed by atoms with van der Waals surface area (Å²) in [6, 6.07) is 0. The number of aliphatic carboxylic acids is 4. The average molecular weight is 870 g/mol. The fraction of sp³-hybridized carbons (Fsp3) is 0.889. The van der Waals surface area contributed by atoms with Crippen LogP contribution < -0.4 is 20.4 Å². The van der Waals surface area contributed by atoms with Gasteiger partial charge < -0.3 is 39.6 Å². The van der Waals surface area contributed by atoms with Crippen molar-refractivity contribution in [2.45, 2.75) is 202 Å². The third-order valence-electron chi connectivity index (χ3n) is 5.80. The van der Waals surface area contributed by atoms with Crippen LogP contribution in [0.25, 0.3) is 0 Å². The van der Waals surface area contributed by atoms with Crippen molar-refractivity contribution < 1.29 is 39.6 Å². The van der Waals surface area contributed by atoms with Crippen LogP contribution in [0.15, 0.2) is 0 Å². The van der Waals surface area contributed by atoms with Gasteiger partial charge in [-0.3, -0.25) is 0 Å². The molecular formula is C36H72O8Sn2. The van der Waals surface area contributed by atoms with E-state index in [4.69, 9.17) is 19.8 Å². The van der Waals surface area contributed by atoms with Gasteiger partial charge >= 0.3 is 139 Å². The van der Waals surface area contributed by atoms with Gasteiger partial charge in [0.25, 0.3) is 0 Å². The molecule has 0 amide bonds. The Hall–Kier alpha value is -0.523. The number of carboxylic acids is 4. The molecule has 0 heterocycles. The van der Waals surface area contributed by atoms with Crippen LogP contribution in [0.1, 0.15) is 184 Å². The van der Waals surface area contributed by atoms with Gasteiger partial charge in [-0.2, -0.15) is 0 Å². The molecule has 0 spiro atoms. The van der Waals surface area contributed by atoms with Gasteiger partial charge in [0, 0.05) is 23.9 Å². The topological polar surface area (TPSA) is 161 Å². The monoisotopic (exact) mass is 872 g/mol. The Kier molecular flexibility index (Phi) is 75.1. The molecule has 0 aromatic rings. The van der Waals surface area contributed by atoms with E-state index >= 15 is 0 Å².